The van der Waals surface area contributed by atoms with Gasteiger partial charge in [0.1, 0.15) is 5.75 Å². The molecule has 0 amide bonds. The lowest BCUT2D eigenvalue weighted by Crippen LogP contribution is -2.09. The van der Waals surface area contributed by atoms with Crippen molar-refractivity contribution in [2.24, 2.45) is 5.92 Å². The molecule has 0 saturated heterocycles. The van der Waals surface area contributed by atoms with Gasteiger partial charge in [0.25, 0.3) is 0 Å². The molecule has 0 aromatic heterocycles. The smallest absolute Gasteiger partial charge is 0.167 e. The van der Waals surface area contributed by atoms with Crippen LogP contribution in [-0.4, -0.2) is 13.7 Å². The Morgan fingerprint density at radius 3 is 2.65 bits per heavy atom. The zero-order chi connectivity index (χ0) is 12.3. The summed E-state index contributed by atoms with van der Waals surface area (Å²) in [5.41, 5.74) is 5.89. The summed E-state index contributed by atoms with van der Waals surface area (Å²) in [5, 5.41) is 0. The summed E-state index contributed by atoms with van der Waals surface area (Å²) in [5.74, 6) is 0.801. The van der Waals surface area contributed by atoms with Gasteiger partial charge in [-0.25, -0.2) is 4.39 Å². The molecule has 0 radical (unpaired) electrons. The van der Waals surface area contributed by atoms with Crippen molar-refractivity contribution < 1.29 is 13.9 Å². The van der Waals surface area contributed by atoms with Crippen molar-refractivity contribution in [2.75, 3.05) is 19.5 Å². The highest BCUT2D eigenvalue weighted by Gasteiger charge is 2.17. The SMILES string of the molecule is COc1cc(OCC2CCCC2)c(F)cc1N. The Hall–Kier alpha value is -1.45. The molecule has 2 N–H and O–H groups in total. The maximum absolute atomic E-state index is 13.6. The predicted molar refractivity (Wildman–Crippen MR) is 64.8 cm³/mol. The van der Waals surface area contributed by atoms with E-state index in [0.29, 0.717) is 24.0 Å². The number of hydrogen-bond acceptors (Lipinski definition) is 3. The third-order valence-corrected chi connectivity index (χ3v) is 3.23. The zero-order valence-corrected chi connectivity index (χ0v) is 10.0. The summed E-state index contributed by atoms with van der Waals surface area (Å²) in [4.78, 5) is 0. The lowest BCUT2D eigenvalue weighted by Gasteiger charge is -2.13. The number of benzene rings is 1. The fourth-order valence-electron chi connectivity index (χ4n) is 2.22. The van der Waals surface area contributed by atoms with Gasteiger partial charge < -0.3 is 15.2 Å². The number of hydrogen-bond donors (Lipinski definition) is 1. The third-order valence-electron chi connectivity index (χ3n) is 3.23. The monoisotopic (exact) mass is 239 g/mol. The molecule has 1 saturated carbocycles. The van der Waals surface area contributed by atoms with Crippen LogP contribution in [-0.2, 0) is 0 Å². The Bertz CT molecular complexity index is 389. The largest absolute Gasteiger partial charge is 0.494 e. The van der Waals surface area contributed by atoms with Gasteiger partial charge in [0, 0.05) is 12.1 Å². The number of methoxy groups -OCH3 is 1. The average Bonchev–Trinajstić information content (AvgIpc) is 2.81. The third kappa shape index (κ3) is 2.81. The van der Waals surface area contributed by atoms with Crippen molar-refractivity contribution in [3.05, 3.63) is 17.9 Å². The molecule has 0 aliphatic heterocycles. The minimum atomic E-state index is -0.429. The van der Waals surface area contributed by atoms with Gasteiger partial charge in [-0.3, -0.25) is 0 Å². The predicted octanol–water partition coefficient (Wildman–Crippen LogP) is 2.99. The minimum Gasteiger partial charge on any atom is -0.494 e. The van der Waals surface area contributed by atoms with Crippen LogP contribution in [0, 0.1) is 11.7 Å². The summed E-state index contributed by atoms with van der Waals surface area (Å²) < 4.78 is 24.1. The number of nitrogens with two attached hydrogens (primary N) is 1. The quantitative estimate of drug-likeness (QED) is 0.821. The van der Waals surface area contributed by atoms with E-state index in [4.69, 9.17) is 15.2 Å². The summed E-state index contributed by atoms with van der Waals surface area (Å²) in [7, 11) is 1.50. The first-order valence-electron chi connectivity index (χ1n) is 5.96. The minimum absolute atomic E-state index is 0.225. The van der Waals surface area contributed by atoms with Crippen molar-refractivity contribution in [1.82, 2.24) is 0 Å². The van der Waals surface area contributed by atoms with Crippen molar-refractivity contribution in [2.45, 2.75) is 25.7 Å². The van der Waals surface area contributed by atoms with E-state index in [1.165, 1.54) is 44.9 Å². The van der Waals surface area contributed by atoms with Crippen LogP contribution in [0.25, 0.3) is 0 Å². The molecule has 4 heteroatoms. The Morgan fingerprint density at radius 1 is 1.29 bits per heavy atom. The van der Waals surface area contributed by atoms with E-state index < -0.39 is 5.82 Å². The molecule has 1 fully saturated rings. The van der Waals surface area contributed by atoms with Crippen molar-refractivity contribution in [3.8, 4) is 11.5 Å². The highest BCUT2D eigenvalue weighted by Crippen LogP contribution is 2.31. The second-order valence-electron chi connectivity index (χ2n) is 4.49. The van der Waals surface area contributed by atoms with Gasteiger partial charge in [0.2, 0.25) is 0 Å². The highest BCUT2D eigenvalue weighted by molar-refractivity contribution is 5.56. The first-order chi connectivity index (χ1) is 8.20. The summed E-state index contributed by atoms with van der Waals surface area (Å²) in [6, 6.07) is 2.75. The molecule has 1 aromatic rings. The molecular formula is C13H18FNO2. The Kier molecular flexibility index (Phi) is 3.71. The fourth-order valence-corrected chi connectivity index (χ4v) is 2.22. The number of anilines is 1. The first kappa shape index (κ1) is 12.0. The van der Waals surface area contributed by atoms with Crippen LogP contribution in [0.4, 0.5) is 10.1 Å². The molecule has 0 bridgehead atoms. The molecule has 2 rings (SSSR count). The highest BCUT2D eigenvalue weighted by atomic mass is 19.1. The first-order valence-corrected chi connectivity index (χ1v) is 5.96. The van der Waals surface area contributed by atoms with E-state index >= 15 is 0 Å². The van der Waals surface area contributed by atoms with E-state index in [1.807, 2.05) is 0 Å². The Morgan fingerprint density at radius 2 is 2.00 bits per heavy atom. The molecule has 17 heavy (non-hydrogen) atoms. The molecule has 3 nitrogen and oxygen atoms in total. The van der Waals surface area contributed by atoms with Gasteiger partial charge in [-0.2, -0.15) is 0 Å². The summed E-state index contributed by atoms with van der Waals surface area (Å²) >= 11 is 0. The second kappa shape index (κ2) is 5.25. The van der Waals surface area contributed by atoms with Crippen molar-refractivity contribution in [3.63, 3.8) is 0 Å². The molecule has 1 aromatic carbocycles. The molecule has 0 heterocycles. The van der Waals surface area contributed by atoms with Crippen LogP contribution in [0.3, 0.4) is 0 Å². The van der Waals surface area contributed by atoms with Gasteiger partial charge in [-0.1, -0.05) is 12.8 Å². The van der Waals surface area contributed by atoms with Gasteiger partial charge in [-0.15, -0.1) is 0 Å². The fraction of sp³-hybridized carbons (Fsp3) is 0.538. The number of halogens is 1. The molecule has 0 unspecified atom stereocenters. The van der Waals surface area contributed by atoms with Crippen LogP contribution in [0.2, 0.25) is 0 Å². The van der Waals surface area contributed by atoms with E-state index in [9.17, 15) is 4.39 Å². The zero-order valence-electron chi connectivity index (χ0n) is 10.0. The van der Waals surface area contributed by atoms with Crippen LogP contribution >= 0.6 is 0 Å². The van der Waals surface area contributed by atoms with E-state index in [0.717, 1.165) is 0 Å². The van der Waals surface area contributed by atoms with E-state index in [-0.39, 0.29) is 5.75 Å². The molecular weight excluding hydrogens is 221 g/mol. The molecule has 1 aliphatic rings. The van der Waals surface area contributed by atoms with Gasteiger partial charge in [0.05, 0.1) is 19.4 Å². The van der Waals surface area contributed by atoms with E-state index in [1.54, 1.807) is 0 Å². The molecule has 0 atom stereocenters. The van der Waals surface area contributed by atoms with Gasteiger partial charge in [0.15, 0.2) is 11.6 Å². The summed E-state index contributed by atoms with van der Waals surface area (Å²) in [6.07, 6.45) is 4.85. The van der Waals surface area contributed by atoms with Gasteiger partial charge in [-0.05, 0) is 18.8 Å². The van der Waals surface area contributed by atoms with Crippen LogP contribution < -0.4 is 15.2 Å². The van der Waals surface area contributed by atoms with Crippen molar-refractivity contribution in [1.29, 1.82) is 0 Å². The van der Waals surface area contributed by atoms with Crippen LogP contribution in [0.5, 0.6) is 11.5 Å². The lowest BCUT2D eigenvalue weighted by atomic mass is 10.1. The lowest BCUT2D eigenvalue weighted by molar-refractivity contribution is 0.241. The number of rotatable bonds is 4. The second-order valence-corrected chi connectivity index (χ2v) is 4.49. The summed E-state index contributed by atoms with van der Waals surface area (Å²) in [6.45, 7) is 0.573. The van der Waals surface area contributed by atoms with E-state index in [2.05, 4.69) is 0 Å². The van der Waals surface area contributed by atoms with Crippen molar-refractivity contribution >= 4 is 5.69 Å². The standard InChI is InChI=1S/C13H18FNO2/c1-16-13-7-12(10(14)6-11(13)15)17-8-9-4-2-3-5-9/h6-7,9H,2-5,8,15H2,1H3. The topological polar surface area (TPSA) is 44.5 Å². The van der Waals surface area contributed by atoms with Gasteiger partial charge >= 0.3 is 0 Å². The molecule has 0 spiro atoms. The average molecular weight is 239 g/mol. The van der Waals surface area contributed by atoms with Crippen LogP contribution in [0.1, 0.15) is 25.7 Å². The molecule has 1 aliphatic carbocycles. The van der Waals surface area contributed by atoms with Crippen LogP contribution in [0.15, 0.2) is 12.1 Å². The maximum atomic E-state index is 13.6. The maximum Gasteiger partial charge on any atom is 0.167 e. The number of ether oxygens (including phenoxy) is 2. The molecule has 94 valence electrons. The normalized spacial score (nSPS) is 16.1. The number of nitrogen functional groups attached to an aromatic ring is 1. The Balaban J connectivity index is 2.03. The Labute approximate surface area is 101 Å².